The Morgan fingerprint density at radius 1 is 1.44 bits per heavy atom. The lowest BCUT2D eigenvalue weighted by Crippen LogP contribution is -1.79. The molecule has 48 valence electrons. The molecule has 6 nitrogen and oxygen atoms in total. The van der Waals surface area contributed by atoms with E-state index in [2.05, 4.69) is 9.36 Å². The maximum atomic E-state index is 9.86. The number of carbonyl (C=O) groups excluding carboxylic acids is 2. The molecule has 0 fully saturated rings. The summed E-state index contributed by atoms with van der Waals surface area (Å²) in [5.74, 6) is 0. The number of rotatable bonds is 0. The molecule has 0 saturated carbocycles. The Kier molecular flexibility index (Phi) is 3.11. The van der Waals surface area contributed by atoms with Gasteiger partial charge in [-0.15, -0.1) is 4.99 Å². The highest BCUT2D eigenvalue weighted by atomic mass is 32.2. The summed E-state index contributed by atoms with van der Waals surface area (Å²) in [6, 6.07) is -1.38. The van der Waals surface area contributed by atoms with Crippen molar-refractivity contribution in [1.29, 1.82) is 0 Å². The van der Waals surface area contributed by atoms with Crippen LogP contribution < -0.4 is 0 Å². The third kappa shape index (κ3) is 4.52. The average molecular weight is 148 g/mol. The summed E-state index contributed by atoms with van der Waals surface area (Å²) in [7, 11) is -2.84. The van der Waals surface area contributed by atoms with E-state index in [0.717, 1.165) is 6.08 Å². The maximum absolute atomic E-state index is 9.86. The van der Waals surface area contributed by atoms with Crippen LogP contribution >= 0.6 is 0 Å². The molecule has 0 aliphatic heterocycles. The second-order valence-electron chi connectivity index (χ2n) is 0.794. The molecule has 0 radical (unpaired) electrons. The van der Waals surface area contributed by atoms with Crippen LogP contribution in [0.2, 0.25) is 0 Å². The zero-order chi connectivity index (χ0) is 7.28. The molecule has 9 heavy (non-hydrogen) atoms. The molecular formula is C2N2O4S. The first-order valence-corrected chi connectivity index (χ1v) is 2.63. The third-order valence-corrected chi connectivity index (χ3v) is 0.599. The van der Waals surface area contributed by atoms with Crippen molar-refractivity contribution in [2.45, 2.75) is 0 Å². The van der Waals surface area contributed by atoms with Crippen molar-refractivity contribution in [2.75, 3.05) is 0 Å². The number of urea groups is 1. The number of amides is 2. The molecule has 0 aromatic heterocycles. The highest BCUT2D eigenvalue weighted by Crippen LogP contribution is 1.75. The molecule has 0 aliphatic rings. The van der Waals surface area contributed by atoms with Gasteiger partial charge >= 0.3 is 16.5 Å². The van der Waals surface area contributed by atoms with Crippen molar-refractivity contribution in [3.05, 3.63) is 0 Å². The van der Waals surface area contributed by atoms with Crippen molar-refractivity contribution >= 4 is 22.6 Å². The molecule has 0 aromatic carbocycles. The number of hydrogen-bond donors (Lipinski definition) is 0. The van der Waals surface area contributed by atoms with Crippen LogP contribution in [-0.4, -0.2) is 20.5 Å². The summed E-state index contributed by atoms with van der Waals surface area (Å²) in [5.41, 5.74) is 0. The SMILES string of the molecule is O=C=NC(=O)N=S(=O)=O. The predicted octanol–water partition coefficient (Wildman–Crippen LogP) is -0.495. The van der Waals surface area contributed by atoms with Gasteiger partial charge in [0.1, 0.15) is 0 Å². The molecule has 0 saturated heterocycles. The lowest BCUT2D eigenvalue weighted by Gasteiger charge is -1.64. The van der Waals surface area contributed by atoms with E-state index < -0.39 is 16.5 Å². The Labute approximate surface area is 50.9 Å². The molecule has 7 heteroatoms. The standard InChI is InChI=1S/C2N2O4S/c5-1-3-2(6)4-9(7)8. The fraction of sp³-hybridized carbons (Fsp3) is 0. The second-order valence-corrected chi connectivity index (χ2v) is 1.41. The van der Waals surface area contributed by atoms with Gasteiger partial charge in [0, 0.05) is 0 Å². The van der Waals surface area contributed by atoms with Crippen molar-refractivity contribution in [2.24, 2.45) is 9.36 Å². The van der Waals surface area contributed by atoms with Gasteiger partial charge in [-0.25, -0.2) is 9.59 Å². The van der Waals surface area contributed by atoms with E-state index in [9.17, 15) is 18.0 Å². The summed E-state index contributed by atoms with van der Waals surface area (Å²) in [4.78, 5) is 21.4. The summed E-state index contributed by atoms with van der Waals surface area (Å²) < 4.78 is 21.3. The molecule has 0 rings (SSSR count). The van der Waals surface area contributed by atoms with Gasteiger partial charge in [0.2, 0.25) is 6.08 Å². The van der Waals surface area contributed by atoms with Gasteiger partial charge in [-0.3, -0.25) is 0 Å². The zero-order valence-electron chi connectivity index (χ0n) is 3.94. The van der Waals surface area contributed by atoms with Crippen molar-refractivity contribution in [3.63, 3.8) is 0 Å². The molecule has 0 heterocycles. The fourth-order valence-corrected chi connectivity index (χ4v) is 0.292. The van der Waals surface area contributed by atoms with Crippen LogP contribution in [0.4, 0.5) is 4.79 Å². The highest BCUT2D eigenvalue weighted by Gasteiger charge is 1.90. The van der Waals surface area contributed by atoms with E-state index in [-0.39, 0.29) is 0 Å². The van der Waals surface area contributed by atoms with Crippen LogP contribution in [0.25, 0.3) is 0 Å². The largest absolute Gasteiger partial charge is 0.392 e. The highest BCUT2D eigenvalue weighted by molar-refractivity contribution is 7.62. The van der Waals surface area contributed by atoms with Gasteiger partial charge in [0.05, 0.1) is 0 Å². The average Bonchev–Trinajstić information content (AvgIpc) is 1.63. The molecule has 0 aliphatic carbocycles. The van der Waals surface area contributed by atoms with Crippen molar-refractivity contribution in [1.82, 2.24) is 0 Å². The Morgan fingerprint density at radius 2 is 2.00 bits per heavy atom. The van der Waals surface area contributed by atoms with E-state index in [1.165, 1.54) is 0 Å². The zero-order valence-corrected chi connectivity index (χ0v) is 4.75. The van der Waals surface area contributed by atoms with E-state index in [1.807, 2.05) is 0 Å². The lowest BCUT2D eigenvalue weighted by atomic mass is 11.1. The molecule has 0 atom stereocenters. The predicted molar refractivity (Wildman–Crippen MR) is 24.9 cm³/mol. The monoisotopic (exact) mass is 148 g/mol. The normalized spacial score (nSPS) is 7.11. The van der Waals surface area contributed by atoms with Gasteiger partial charge < -0.3 is 0 Å². The number of isocyanates is 1. The number of hydrogen-bond acceptors (Lipinski definition) is 4. The minimum absolute atomic E-state index is 0.831. The van der Waals surface area contributed by atoms with Crippen LogP contribution in [0.1, 0.15) is 0 Å². The molecule has 0 N–H and O–H groups in total. The van der Waals surface area contributed by atoms with Gasteiger partial charge in [-0.05, 0) is 0 Å². The topological polar surface area (TPSA) is 93.0 Å². The minimum atomic E-state index is -2.84. The van der Waals surface area contributed by atoms with Crippen LogP contribution in [0.15, 0.2) is 9.36 Å². The molecule has 2 amide bonds. The molecule has 0 aromatic rings. The van der Waals surface area contributed by atoms with Gasteiger partial charge in [0.25, 0.3) is 0 Å². The van der Waals surface area contributed by atoms with Crippen LogP contribution in [0, 0.1) is 0 Å². The number of carbonyl (C=O) groups is 1. The Bertz CT molecular complexity index is 274. The quantitative estimate of drug-likeness (QED) is 0.342. The summed E-state index contributed by atoms with van der Waals surface area (Å²) in [6.45, 7) is 0. The first-order valence-electron chi connectivity index (χ1n) is 1.59. The molecule has 0 bridgehead atoms. The summed E-state index contributed by atoms with van der Waals surface area (Å²) in [6.07, 6.45) is 0.831. The smallest absolute Gasteiger partial charge is 0.242 e. The fourth-order valence-electron chi connectivity index (χ4n) is 0.123. The molecule has 0 unspecified atom stereocenters. The van der Waals surface area contributed by atoms with Crippen molar-refractivity contribution < 1.29 is 18.0 Å². The molecule has 0 spiro atoms. The lowest BCUT2D eigenvalue weighted by molar-refractivity contribution is 0.257. The Hall–Kier alpha value is -1.33. The minimum Gasteiger partial charge on any atom is -0.242 e. The van der Waals surface area contributed by atoms with Crippen LogP contribution in [0.3, 0.4) is 0 Å². The van der Waals surface area contributed by atoms with Crippen molar-refractivity contribution in [3.8, 4) is 0 Å². The number of aliphatic imine (C=N–C) groups is 1. The third-order valence-electron chi connectivity index (χ3n) is 0.294. The van der Waals surface area contributed by atoms with E-state index in [4.69, 9.17) is 0 Å². The maximum Gasteiger partial charge on any atom is 0.392 e. The Morgan fingerprint density at radius 3 is 2.33 bits per heavy atom. The number of nitrogens with zero attached hydrogens (tertiary/aromatic N) is 2. The van der Waals surface area contributed by atoms with Crippen LogP contribution in [-0.2, 0) is 15.3 Å². The molecular weight excluding hydrogens is 148 g/mol. The van der Waals surface area contributed by atoms with E-state index >= 15 is 0 Å². The summed E-state index contributed by atoms with van der Waals surface area (Å²) >= 11 is 0. The van der Waals surface area contributed by atoms with Crippen LogP contribution in [0.5, 0.6) is 0 Å². The van der Waals surface area contributed by atoms with E-state index in [0.29, 0.717) is 0 Å². The first kappa shape index (κ1) is 7.67. The van der Waals surface area contributed by atoms with Gasteiger partial charge in [-0.1, -0.05) is 4.36 Å². The van der Waals surface area contributed by atoms with Gasteiger partial charge in [0.15, 0.2) is 0 Å². The van der Waals surface area contributed by atoms with Gasteiger partial charge in [-0.2, -0.15) is 8.42 Å². The Balaban J connectivity index is 4.46. The van der Waals surface area contributed by atoms with E-state index in [1.54, 1.807) is 0 Å². The summed E-state index contributed by atoms with van der Waals surface area (Å²) in [5, 5.41) is 0. The first-order chi connectivity index (χ1) is 4.16. The second kappa shape index (κ2) is 3.65.